The summed E-state index contributed by atoms with van der Waals surface area (Å²) >= 11 is 0.556. The molecule has 1 amide bonds. The van der Waals surface area contributed by atoms with E-state index >= 15 is 0 Å². The van der Waals surface area contributed by atoms with Gasteiger partial charge in [-0.25, -0.2) is 27.1 Å². The normalized spacial score (nSPS) is 21.6. The van der Waals surface area contributed by atoms with E-state index in [2.05, 4.69) is 15.4 Å². The lowest BCUT2D eigenvalue weighted by Crippen LogP contribution is -2.59. The minimum atomic E-state index is -3.15. The minimum absolute atomic E-state index is 0.0843. The number of imidazole rings is 1. The van der Waals surface area contributed by atoms with Crippen molar-refractivity contribution in [1.82, 2.24) is 19.9 Å². The molecule has 29 heavy (non-hydrogen) atoms. The summed E-state index contributed by atoms with van der Waals surface area (Å²) in [5, 5.41) is 6.34. The largest absolute Gasteiger partial charge is 0.341 e. The van der Waals surface area contributed by atoms with Gasteiger partial charge in [0.15, 0.2) is 5.65 Å². The average molecular weight is 427 g/mol. The Morgan fingerprint density at radius 1 is 1.41 bits per heavy atom. The summed E-state index contributed by atoms with van der Waals surface area (Å²) in [6.45, 7) is 0. The van der Waals surface area contributed by atoms with Crippen LogP contribution in [0.3, 0.4) is 0 Å². The number of halogens is 4. The van der Waals surface area contributed by atoms with E-state index in [-0.39, 0.29) is 33.9 Å². The molecule has 0 spiro atoms. The highest BCUT2D eigenvalue weighted by Gasteiger charge is 2.46. The highest BCUT2D eigenvalue weighted by atomic mass is 32.1. The summed E-state index contributed by atoms with van der Waals surface area (Å²) in [6.07, 6.45) is 0.240. The second kappa shape index (κ2) is 7.38. The van der Waals surface area contributed by atoms with Gasteiger partial charge in [0.1, 0.15) is 6.04 Å². The Labute approximate surface area is 166 Å². The van der Waals surface area contributed by atoms with E-state index in [1.165, 1.54) is 23.0 Å². The van der Waals surface area contributed by atoms with Gasteiger partial charge >= 0.3 is 0 Å². The third-order valence-electron chi connectivity index (χ3n) is 4.95. The number of nitrogens with two attached hydrogens (primary N) is 1. The Hall–Kier alpha value is -2.53. The molecule has 3 aromatic rings. The van der Waals surface area contributed by atoms with Crippen LogP contribution in [-0.4, -0.2) is 38.5 Å². The lowest BCUT2D eigenvalue weighted by atomic mass is 9.87. The second-order valence-electron chi connectivity index (χ2n) is 6.89. The molecule has 0 bridgehead atoms. The van der Waals surface area contributed by atoms with Crippen LogP contribution in [0.5, 0.6) is 0 Å². The molecule has 1 aliphatic rings. The van der Waals surface area contributed by atoms with Crippen LogP contribution in [0.1, 0.15) is 40.2 Å². The zero-order valence-electron chi connectivity index (χ0n) is 15.0. The topological polar surface area (TPSA) is 85.3 Å². The Morgan fingerprint density at radius 3 is 2.93 bits per heavy atom. The number of carbonyl (C=O) groups excluding carboxylic acids is 1. The van der Waals surface area contributed by atoms with Crippen LogP contribution in [0.4, 0.5) is 17.6 Å². The van der Waals surface area contributed by atoms with Gasteiger partial charge < -0.3 is 11.1 Å². The number of amides is 1. The molecule has 0 saturated heterocycles. The van der Waals surface area contributed by atoms with E-state index in [4.69, 9.17) is 5.73 Å². The quantitative estimate of drug-likeness (QED) is 0.623. The first-order chi connectivity index (χ1) is 13.8. The molecule has 6 nitrogen and oxygen atoms in total. The zero-order valence-corrected chi connectivity index (χ0v) is 15.8. The molecular weight excluding hydrogens is 410 g/mol. The van der Waals surface area contributed by atoms with Gasteiger partial charge in [-0.3, -0.25) is 4.79 Å². The molecule has 0 aromatic carbocycles. The molecule has 4 rings (SSSR count). The number of alkyl halides is 4. The molecule has 1 aliphatic carbocycles. The first kappa shape index (κ1) is 19.8. The van der Waals surface area contributed by atoms with Gasteiger partial charge in [-0.2, -0.15) is 5.10 Å². The van der Waals surface area contributed by atoms with E-state index in [1.807, 2.05) is 0 Å². The number of rotatable bonds is 4. The first-order valence-corrected chi connectivity index (χ1v) is 9.75. The van der Waals surface area contributed by atoms with E-state index in [1.54, 1.807) is 12.1 Å². The summed E-state index contributed by atoms with van der Waals surface area (Å²) in [4.78, 5) is 16.3. The van der Waals surface area contributed by atoms with Crippen molar-refractivity contribution in [2.24, 2.45) is 5.73 Å². The molecule has 3 heterocycles. The molecule has 1 fully saturated rings. The van der Waals surface area contributed by atoms with Crippen molar-refractivity contribution >= 4 is 22.9 Å². The molecule has 1 saturated carbocycles. The van der Waals surface area contributed by atoms with Crippen molar-refractivity contribution < 1.29 is 22.4 Å². The van der Waals surface area contributed by atoms with E-state index in [0.717, 1.165) is 0 Å². The lowest BCUT2D eigenvalue weighted by Gasteiger charge is -2.36. The van der Waals surface area contributed by atoms with Crippen molar-refractivity contribution in [3.05, 3.63) is 40.3 Å². The Kier molecular flexibility index (Phi) is 5.03. The molecule has 3 N–H and O–H groups in total. The lowest BCUT2D eigenvalue weighted by molar-refractivity contribution is -0.0674. The summed E-state index contributed by atoms with van der Waals surface area (Å²) in [5.41, 5.74) is 6.59. The number of hydrogen-bond acceptors (Lipinski definition) is 5. The maximum absolute atomic E-state index is 14.2. The fourth-order valence-electron chi connectivity index (χ4n) is 3.53. The smallest absolute Gasteiger partial charge is 0.273 e. The monoisotopic (exact) mass is 427 g/mol. The molecule has 154 valence electrons. The SMILES string of the molecule is N[C@@H]1CCCC(F)(F)[C@@H]1NC(=O)c1cc(-c2cnc3cccnn23)c(C(F)F)s1. The van der Waals surface area contributed by atoms with E-state index in [9.17, 15) is 22.4 Å². The summed E-state index contributed by atoms with van der Waals surface area (Å²) < 4.78 is 57.0. The summed E-state index contributed by atoms with van der Waals surface area (Å²) in [6, 6.07) is 2.12. The number of aromatic nitrogens is 3. The van der Waals surface area contributed by atoms with E-state index in [0.29, 0.717) is 23.4 Å². The minimum Gasteiger partial charge on any atom is -0.341 e. The number of nitrogens with zero attached hydrogens (tertiary/aromatic N) is 3. The average Bonchev–Trinajstić information content (AvgIpc) is 3.28. The Balaban J connectivity index is 1.69. The van der Waals surface area contributed by atoms with Crippen LogP contribution in [0, 0.1) is 0 Å². The van der Waals surface area contributed by atoms with Gasteiger partial charge in [0, 0.05) is 24.2 Å². The Morgan fingerprint density at radius 2 is 2.21 bits per heavy atom. The Bertz CT molecular complexity index is 1050. The molecular formula is C18H17F4N5OS. The van der Waals surface area contributed by atoms with Crippen molar-refractivity contribution in [2.45, 2.75) is 43.7 Å². The third kappa shape index (κ3) is 3.60. The molecule has 3 aromatic heterocycles. The van der Waals surface area contributed by atoms with Gasteiger partial charge in [0.25, 0.3) is 18.3 Å². The number of carbonyl (C=O) groups is 1. The number of hydrogen-bond donors (Lipinski definition) is 2. The standard InChI is InChI=1S/C18H17F4N5OS/c19-16(20)14-9(11-8-24-13-4-2-6-25-27(11)13)7-12(29-14)17(28)26-15-10(23)3-1-5-18(15,21)22/h2,4,6-8,10,15-16H,1,3,5,23H2,(H,26,28)/t10-,15-/m1/s1. The summed E-state index contributed by atoms with van der Waals surface area (Å²) in [5.74, 6) is -4.00. The van der Waals surface area contributed by atoms with Crippen LogP contribution < -0.4 is 11.1 Å². The predicted octanol–water partition coefficient (Wildman–Crippen LogP) is 3.64. The van der Waals surface area contributed by atoms with Crippen LogP contribution >= 0.6 is 11.3 Å². The highest BCUT2D eigenvalue weighted by Crippen LogP contribution is 2.39. The fraction of sp³-hybridized carbons (Fsp3) is 0.389. The van der Waals surface area contributed by atoms with Gasteiger partial charge in [-0.1, -0.05) is 0 Å². The van der Waals surface area contributed by atoms with Crippen molar-refractivity contribution in [3.63, 3.8) is 0 Å². The molecule has 0 aliphatic heterocycles. The number of thiophene rings is 1. The van der Waals surface area contributed by atoms with Crippen molar-refractivity contribution in [1.29, 1.82) is 0 Å². The third-order valence-corrected chi connectivity index (χ3v) is 6.10. The highest BCUT2D eigenvalue weighted by molar-refractivity contribution is 7.14. The zero-order chi connectivity index (χ0) is 20.8. The van der Waals surface area contributed by atoms with Crippen LogP contribution in [0.15, 0.2) is 30.6 Å². The number of nitrogens with one attached hydrogen (secondary N) is 1. The second-order valence-corrected chi connectivity index (χ2v) is 7.98. The van der Waals surface area contributed by atoms with Gasteiger partial charge in [0.2, 0.25) is 0 Å². The van der Waals surface area contributed by atoms with Gasteiger partial charge in [-0.15, -0.1) is 11.3 Å². The van der Waals surface area contributed by atoms with Crippen LogP contribution in [0.25, 0.3) is 16.9 Å². The van der Waals surface area contributed by atoms with Crippen molar-refractivity contribution in [2.75, 3.05) is 0 Å². The molecule has 2 atom stereocenters. The van der Waals surface area contributed by atoms with Crippen molar-refractivity contribution in [3.8, 4) is 11.3 Å². The van der Waals surface area contributed by atoms with E-state index < -0.39 is 30.3 Å². The molecule has 0 radical (unpaired) electrons. The molecule has 11 heteroatoms. The van der Waals surface area contributed by atoms with Gasteiger partial charge in [0.05, 0.1) is 21.6 Å². The fourth-order valence-corrected chi connectivity index (χ4v) is 4.45. The van der Waals surface area contributed by atoms with Crippen LogP contribution in [-0.2, 0) is 0 Å². The van der Waals surface area contributed by atoms with Gasteiger partial charge in [-0.05, 0) is 31.0 Å². The summed E-state index contributed by atoms with van der Waals surface area (Å²) in [7, 11) is 0. The van der Waals surface area contributed by atoms with Crippen LogP contribution in [0.2, 0.25) is 0 Å². The predicted molar refractivity (Wildman–Crippen MR) is 99.3 cm³/mol. The maximum Gasteiger partial charge on any atom is 0.273 e. The first-order valence-electron chi connectivity index (χ1n) is 8.93. The molecule has 0 unspecified atom stereocenters. The number of fused-ring (bicyclic) bond motifs is 1. The maximum atomic E-state index is 14.2.